The lowest BCUT2D eigenvalue weighted by molar-refractivity contribution is 0.569. The lowest BCUT2D eigenvalue weighted by Crippen LogP contribution is -2.61. The number of nitrogens with zero attached hydrogens (tertiary/aromatic N) is 3. The fourth-order valence-electron chi connectivity index (χ4n) is 19.0. The SMILES string of the molecule is CC(C)(C)c1cc(-c2ccc3c(c2)N(c2c(-c4cccc(-c5ccccc5)c4)cc(-c4ccccc4)cc2-c2cccc4oc5ccccc5c24)c2cc(C(C)(C)C)cc4c2B3c2ccc(-n3c5ccc(C(C)(C)C)cc5c5cc(C(C)(C)C)ccc53)cc2N4c2c(-c3ccccc3)cc(-c3ccccc3)cc2-c2ccccc2)cc(C(C)(C)C)c1. The molecule has 0 N–H and O–H groups in total. The number of hydrogen-bond acceptors (Lipinski definition) is 3. The summed E-state index contributed by atoms with van der Waals surface area (Å²) in [6.07, 6.45) is 0. The van der Waals surface area contributed by atoms with E-state index in [1.165, 1.54) is 71.6 Å². The molecule has 0 atom stereocenters. The predicted molar refractivity (Wildman–Crippen MR) is 519 cm³/mol. The van der Waals surface area contributed by atoms with Crippen LogP contribution in [0.2, 0.25) is 0 Å². The van der Waals surface area contributed by atoms with E-state index in [4.69, 9.17) is 4.42 Å². The topological polar surface area (TPSA) is 24.6 Å². The number of para-hydroxylation sites is 1. The first-order chi connectivity index (χ1) is 58.2. The Morgan fingerprint density at radius 1 is 0.231 bits per heavy atom. The Morgan fingerprint density at radius 3 is 1.13 bits per heavy atom. The summed E-state index contributed by atoms with van der Waals surface area (Å²) in [6.45, 7) is 35.1. The smallest absolute Gasteiger partial charge is 0.252 e. The Morgan fingerprint density at radius 2 is 0.620 bits per heavy atom. The number of hydrogen-bond donors (Lipinski definition) is 0. The van der Waals surface area contributed by atoms with Gasteiger partial charge < -0.3 is 18.8 Å². The zero-order valence-electron chi connectivity index (χ0n) is 72.2. The lowest BCUT2D eigenvalue weighted by Gasteiger charge is -2.46. The number of fused-ring (bicyclic) bond motifs is 10. The highest BCUT2D eigenvalue weighted by Gasteiger charge is 2.47. The van der Waals surface area contributed by atoms with Gasteiger partial charge in [0.15, 0.2) is 0 Å². The molecule has 0 amide bonds. The molecule has 5 heteroatoms. The molecule has 0 bridgehead atoms. The molecule has 0 saturated carbocycles. The van der Waals surface area contributed by atoms with Gasteiger partial charge >= 0.3 is 0 Å². The van der Waals surface area contributed by atoms with Crippen LogP contribution in [0.1, 0.15) is 132 Å². The van der Waals surface area contributed by atoms with Crippen molar-refractivity contribution in [3.8, 4) is 94.7 Å². The lowest BCUT2D eigenvalue weighted by atomic mass is 9.33. The van der Waals surface area contributed by atoms with Crippen molar-refractivity contribution in [2.45, 2.75) is 131 Å². The maximum absolute atomic E-state index is 7.03. The fourth-order valence-corrected chi connectivity index (χ4v) is 19.0. The highest BCUT2D eigenvalue weighted by atomic mass is 16.3. The standard InChI is InChI=1S/C116H102BN3O/c1-112(2,3)84-52-57-100-95(68-84)96-69-85(113(4,5)6)53-58-101(96)118(100)89-54-56-99-103(72-89)120(110-92(76-41-27-19-28-42-76)62-82(74-37-23-17-24-38-74)63-93(110)77-43-29-20-30-44-77)105-71-88(116(13,14)15)70-104-109(105)117(99)98-55-51-79(81-60-86(114(7,8)9)67-87(61-81)115(10,11)12)66-102(98)119(104)111-94(80-46-33-45-78(59-80)73-35-21-16-22-36-73)64-83(75-39-25-18-26-40-75)65-97(111)90-48-34-50-107-108(90)91-47-31-32-49-106(91)121-107/h16-72H,1-15H3. The number of rotatable bonds is 11. The van der Waals surface area contributed by atoms with Crippen molar-refractivity contribution < 1.29 is 4.42 Å². The molecule has 0 spiro atoms. The molecular formula is C116H102BN3O. The molecule has 2 aliphatic rings. The van der Waals surface area contributed by atoms with Gasteiger partial charge in [0.25, 0.3) is 6.71 Å². The van der Waals surface area contributed by atoms with Crippen molar-refractivity contribution in [1.29, 1.82) is 0 Å². The van der Waals surface area contributed by atoms with E-state index in [1.54, 1.807) is 0 Å². The monoisotopic (exact) mass is 1560 g/mol. The van der Waals surface area contributed by atoms with E-state index in [0.29, 0.717) is 0 Å². The van der Waals surface area contributed by atoms with Crippen molar-refractivity contribution in [2.75, 3.05) is 9.80 Å². The molecule has 4 heterocycles. The predicted octanol–water partition coefficient (Wildman–Crippen LogP) is 30.6. The van der Waals surface area contributed by atoms with Gasteiger partial charge in [0.05, 0.1) is 22.4 Å². The molecule has 121 heavy (non-hydrogen) atoms. The van der Waals surface area contributed by atoms with Crippen molar-refractivity contribution in [3.05, 3.63) is 374 Å². The highest BCUT2D eigenvalue weighted by molar-refractivity contribution is 7.00. The summed E-state index contributed by atoms with van der Waals surface area (Å²) < 4.78 is 9.61. The average Bonchev–Trinajstić information content (AvgIpc) is 0.742. The van der Waals surface area contributed by atoms with Gasteiger partial charge in [-0.05, 0) is 235 Å². The minimum atomic E-state index is -0.407. The van der Waals surface area contributed by atoms with Gasteiger partial charge in [0, 0.05) is 72.2 Å². The minimum Gasteiger partial charge on any atom is -0.456 e. The summed E-state index contributed by atoms with van der Waals surface area (Å²) in [6, 6.07) is 132. The van der Waals surface area contributed by atoms with Crippen LogP contribution in [-0.4, -0.2) is 11.3 Å². The number of aromatic nitrogens is 1. The van der Waals surface area contributed by atoms with Crippen LogP contribution in [0, 0.1) is 0 Å². The number of furan rings is 1. The van der Waals surface area contributed by atoms with Crippen molar-refractivity contribution in [3.63, 3.8) is 0 Å². The summed E-state index contributed by atoms with van der Waals surface area (Å²) in [7, 11) is 0. The summed E-state index contributed by atoms with van der Waals surface area (Å²) >= 11 is 0. The van der Waals surface area contributed by atoms with Crippen LogP contribution in [0.25, 0.3) is 138 Å². The second-order valence-corrected chi connectivity index (χ2v) is 38.9. The summed E-state index contributed by atoms with van der Waals surface area (Å²) in [5, 5.41) is 4.64. The molecule has 2 aromatic heterocycles. The first-order valence-electron chi connectivity index (χ1n) is 43.1. The van der Waals surface area contributed by atoms with Gasteiger partial charge in [-0.1, -0.05) is 353 Å². The summed E-state index contributed by atoms with van der Waals surface area (Å²) in [5.41, 5.74) is 38.9. The molecule has 590 valence electrons. The third-order valence-corrected chi connectivity index (χ3v) is 25.7. The van der Waals surface area contributed by atoms with Crippen LogP contribution in [-0.2, 0) is 27.1 Å². The Balaban J connectivity index is 0.985. The van der Waals surface area contributed by atoms with Gasteiger partial charge in [0.2, 0.25) is 0 Å². The molecule has 0 unspecified atom stereocenters. The maximum Gasteiger partial charge on any atom is 0.252 e. The Kier molecular flexibility index (Phi) is 18.2. The molecule has 0 aliphatic carbocycles. The quantitative estimate of drug-likeness (QED) is 0.121. The van der Waals surface area contributed by atoms with E-state index in [-0.39, 0.29) is 28.4 Å². The Hall–Kier alpha value is -13.2. The van der Waals surface area contributed by atoms with Crippen LogP contribution < -0.4 is 26.2 Å². The Bertz CT molecular complexity index is 6970. The van der Waals surface area contributed by atoms with E-state index in [0.717, 1.165) is 145 Å². The molecule has 20 rings (SSSR count). The van der Waals surface area contributed by atoms with E-state index in [9.17, 15) is 0 Å². The third-order valence-electron chi connectivity index (χ3n) is 25.7. The normalized spacial score (nSPS) is 13.0. The first kappa shape index (κ1) is 76.5. The van der Waals surface area contributed by atoms with Crippen molar-refractivity contribution >= 4 is 101 Å². The van der Waals surface area contributed by atoms with Crippen LogP contribution in [0.3, 0.4) is 0 Å². The molecular weight excluding hydrogens is 1460 g/mol. The van der Waals surface area contributed by atoms with E-state index < -0.39 is 5.41 Å². The molecule has 0 radical (unpaired) electrons. The third kappa shape index (κ3) is 13.4. The van der Waals surface area contributed by atoms with Crippen molar-refractivity contribution in [2.24, 2.45) is 0 Å². The molecule has 0 saturated heterocycles. The molecule has 18 aromatic rings. The van der Waals surface area contributed by atoms with Gasteiger partial charge in [0.1, 0.15) is 11.2 Å². The number of benzene rings is 16. The highest BCUT2D eigenvalue weighted by Crippen LogP contribution is 2.57. The van der Waals surface area contributed by atoms with Gasteiger partial charge in [-0.3, -0.25) is 0 Å². The molecule has 16 aromatic carbocycles. The summed E-state index contributed by atoms with van der Waals surface area (Å²) in [4.78, 5) is 5.51. The zero-order chi connectivity index (χ0) is 83.3. The van der Waals surface area contributed by atoms with Crippen LogP contribution in [0.4, 0.5) is 34.1 Å². The van der Waals surface area contributed by atoms with E-state index in [1.807, 2.05) is 0 Å². The average molecular weight is 1560 g/mol. The van der Waals surface area contributed by atoms with E-state index in [2.05, 4.69) is 464 Å². The second kappa shape index (κ2) is 28.8. The first-order valence-corrected chi connectivity index (χ1v) is 43.1. The molecule has 0 fully saturated rings. The maximum atomic E-state index is 7.03. The fraction of sp³-hybridized carbons (Fsp3) is 0.172. The summed E-state index contributed by atoms with van der Waals surface area (Å²) in [5.74, 6) is 0. The van der Waals surface area contributed by atoms with E-state index >= 15 is 0 Å². The van der Waals surface area contributed by atoms with Gasteiger partial charge in [-0.15, -0.1) is 0 Å². The zero-order valence-corrected chi connectivity index (χ0v) is 72.2. The van der Waals surface area contributed by atoms with Crippen molar-refractivity contribution in [1.82, 2.24) is 4.57 Å². The minimum absolute atomic E-state index is 0.0822. The number of anilines is 6. The van der Waals surface area contributed by atoms with Crippen LogP contribution in [0.5, 0.6) is 0 Å². The van der Waals surface area contributed by atoms with Crippen LogP contribution in [0.15, 0.2) is 350 Å². The second-order valence-electron chi connectivity index (χ2n) is 38.9. The Labute approximate surface area is 714 Å². The molecule has 4 nitrogen and oxygen atoms in total. The molecule has 2 aliphatic heterocycles. The van der Waals surface area contributed by atoms with Gasteiger partial charge in [-0.25, -0.2) is 0 Å². The van der Waals surface area contributed by atoms with Gasteiger partial charge in [-0.2, -0.15) is 0 Å². The largest absolute Gasteiger partial charge is 0.456 e. The van der Waals surface area contributed by atoms with Crippen LogP contribution >= 0.6 is 0 Å².